The van der Waals surface area contributed by atoms with Gasteiger partial charge in [0.15, 0.2) is 0 Å². The maximum Gasteiger partial charge on any atom is 0.269 e. The molecule has 0 radical (unpaired) electrons. The first kappa shape index (κ1) is 15.0. The third kappa shape index (κ3) is 3.79. The Kier molecular flexibility index (Phi) is 4.76. The van der Waals surface area contributed by atoms with E-state index in [1.807, 2.05) is 6.07 Å². The monoisotopic (exact) mass is 276 g/mol. The first-order valence-electron chi connectivity index (χ1n) is 7.46. The Morgan fingerprint density at radius 2 is 1.90 bits per heavy atom. The van der Waals surface area contributed by atoms with Crippen molar-refractivity contribution in [3.8, 4) is 0 Å². The van der Waals surface area contributed by atoms with Gasteiger partial charge in [-0.3, -0.25) is 10.1 Å². The molecule has 3 atom stereocenters. The standard InChI is InChI=1S/C16H24N2O2/c1-11-7-12(2)9-15(8-11)17-13(3)14-5-4-6-16(10-14)18(19)20/h4-6,10-13,15,17H,7-9H2,1-3H3. The fourth-order valence-corrected chi connectivity index (χ4v) is 3.44. The maximum atomic E-state index is 10.8. The Balaban J connectivity index is 2.02. The summed E-state index contributed by atoms with van der Waals surface area (Å²) in [5.41, 5.74) is 1.16. The molecule has 0 aromatic heterocycles. The van der Waals surface area contributed by atoms with Crippen molar-refractivity contribution in [1.29, 1.82) is 0 Å². The average molecular weight is 276 g/mol. The molecule has 1 saturated carbocycles. The molecule has 1 aliphatic rings. The second kappa shape index (κ2) is 6.35. The minimum atomic E-state index is -0.332. The van der Waals surface area contributed by atoms with Crippen molar-refractivity contribution in [3.63, 3.8) is 0 Å². The van der Waals surface area contributed by atoms with Crippen LogP contribution in [0.15, 0.2) is 24.3 Å². The molecular weight excluding hydrogens is 252 g/mol. The fourth-order valence-electron chi connectivity index (χ4n) is 3.44. The number of rotatable bonds is 4. The summed E-state index contributed by atoms with van der Waals surface area (Å²) < 4.78 is 0. The van der Waals surface area contributed by atoms with E-state index in [4.69, 9.17) is 0 Å². The Morgan fingerprint density at radius 1 is 1.25 bits per heavy atom. The van der Waals surface area contributed by atoms with Gasteiger partial charge in [0, 0.05) is 24.2 Å². The smallest absolute Gasteiger partial charge is 0.269 e. The van der Waals surface area contributed by atoms with Gasteiger partial charge in [0.1, 0.15) is 0 Å². The summed E-state index contributed by atoms with van der Waals surface area (Å²) >= 11 is 0. The van der Waals surface area contributed by atoms with E-state index in [-0.39, 0.29) is 16.7 Å². The predicted octanol–water partition coefficient (Wildman–Crippen LogP) is 4.07. The summed E-state index contributed by atoms with van der Waals surface area (Å²) in [4.78, 5) is 10.5. The van der Waals surface area contributed by atoms with E-state index in [0.29, 0.717) is 6.04 Å². The van der Waals surface area contributed by atoms with Crippen LogP contribution in [0.2, 0.25) is 0 Å². The van der Waals surface area contributed by atoms with Gasteiger partial charge in [0.25, 0.3) is 5.69 Å². The second-order valence-electron chi connectivity index (χ2n) is 6.35. The van der Waals surface area contributed by atoms with E-state index >= 15 is 0 Å². The molecule has 2 rings (SSSR count). The van der Waals surface area contributed by atoms with E-state index in [9.17, 15) is 10.1 Å². The number of hydrogen-bond donors (Lipinski definition) is 1. The molecule has 1 aliphatic carbocycles. The van der Waals surface area contributed by atoms with Gasteiger partial charge in [0.2, 0.25) is 0 Å². The Bertz CT molecular complexity index is 465. The molecule has 1 aromatic rings. The van der Waals surface area contributed by atoms with Crippen LogP contribution in [0.5, 0.6) is 0 Å². The number of nitro benzene ring substituents is 1. The first-order chi connectivity index (χ1) is 9.45. The number of nitrogens with zero attached hydrogens (tertiary/aromatic N) is 1. The summed E-state index contributed by atoms with van der Waals surface area (Å²) in [6.07, 6.45) is 3.70. The van der Waals surface area contributed by atoms with E-state index in [0.717, 1.165) is 17.4 Å². The summed E-state index contributed by atoms with van der Waals surface area (Å²) in [7, 11) is 0. The number of hydrogen-bond acceptors (Lipinski definition) is 3. The minimum absolute atomic E-state index is 0.150. The highest BCUT2D eigenvalue weighted by molar-refractivity contribution is 5.35. The zero-order valence-corrected chi connectivity index (χ0v) is 12.5. The van der Waals surface area contributed by atoms with Crippen LogP contribution in [-0.4, -0.2) is 11.0 Å². The molecule has 1 fully saturated rings. The van der Waals surface area contributed by atoms with Gasteiger partial charge in [0.05, 0.1) is 4.92 Å². The lowest BCUT2D eigenvalue weighted by molar-refractivity contribution is -0.384. The predicted molar refractivity (Wildman–Crippen MR) is 80.6 cm³/mol. The first-order valence-corrected chi connectivity index (χ1v) is 7.46. The third-order valence-electron chi connectivity index (χ3n) is 4.25. The van der Waals surface area contributed by atoms with Crippen molar-refractivity contribution in [1.82, 2.24) is 5.32 Å². The van der Waals surface area contributed by atoms with Crippen LogP contribution in [0.3, 0.4) is 0 Å². The van der Waals surface area contributed by atoms with Gasteiger partial charge in [-0.2, -0.15) is 0 Å². The van der Waals surface area contributed by atoms with E-state index < -0.39 is 0 Å². The quantitative estimate of drug-likeness (QED) is 0.666. The summed E-state index contributed by atoms with van der Waals surface area (Å²) in [5, 5.41) is 14.5. The van der Waals surface area contributed by atoms with Crippen molar-refractivity contribution in [2.75, 3.05) is 0 Å². The molecular formula is C16H24N2O2. The lowest BCUT2D eigenvalue weighted by Crippen LogP contribution is -2.37. The van der Waals surface area contributed by atoms with Gasteiger partial charge >= 0.3 is 0 Å². The van der Waals surface area contributed by atoms with Crippen LogP contribution in [-0.2, 0) is 0 Å². The van der Waals surface area contributed by atoms with Crippen LogP contribution >= 0.6 is 0 Å². The van der Waals surface area contributed by atoms with Crippen molar-refractivity contribution >= 4 is 5.69 Å². The van der Waals surface area contributed by atoms with Gasteiger partial charge in [-0.1, -0.05) is 26.0 Å². The zero-order chi connectivity index (χ0) is 14.7. The Hall–Kier alpha value is -1.42. The number of nitrogens with one attached hydrogen (secondary N) is 1. The highest BCUT2D eigenvalue weighted by Crippen LogP contribution is 2.30. The molecule has 0 amide bonds. The summed E-state index contributed by atoms with van der Waals surface area (Å²) in [6.45, 7) is 6.70. The molecule has 1 N–H and O–H groups in total. The third-order valence-corrected chi connectivity index (χ3v) is 4.25. The molecule has 20 heavy (non-hydrogen) atoms. The largest absolute Gasteiger partial charge is 0.307 e. The average Bonchev–Trinajstić information content (AvgIpc) is 2.37. The lowest BCUT2D eigenvalue weighted by atomic mass is 9.80. The summed E-state index contributed by atoms with van der Waals surface area (Å²) in [6, 6.07) is 7.60. The molecule has 0 bridgehead atoms. The van der Waals surface area contributed by atoms with Gasteiger partial charge in [-0.25, -0.2) is 0 Å². The minimum Gasteiger partial charge on any atom is -0.307 e. The normalized spacial score (nSPS) is 28.1. The van der Waals surface area contributed by atoms with Crippen LogP contribution in [0, 0.1) is 22.0 Å². The molecule has 3 unspecified atom stereocenters. The number of non-ortho nitro benzene ring substituents is 1. The van der Waals surface area contributed by atoms with Crippen molar-refractivity contribution in [2.45, 2.75) is 52.1 Å². The lowest BCUT2D eigenvalue weighted by Gasteiger charge is -2.34. The SMILES string of the molecule is CC1CC(C)CC(NC(C)c2cccc([N+](=O)[O-])c2)C1. The molecule has 0 aliphatic heterocycles. The molecule has 1 aromatic carbocycles. The van der Waals surface area contributed by atoms with Crippen LogP contribution < -0.4 is 5.32 Å². The van der Waals surface area contributed by atoms with E-state index in [2.05, 4.69) is 26.1 Å². The van der Waals surface area contributed by atoms with Crippen molar-refractivity contribution in [3.05, 3.63) is 39.9 Å². The second-order valence-corrected chi connectivity index (χ2v) is 6.35. The van der Waals surface area contributed by atoms with Gasteiger partial charge in [-0.15, -0.1) is 0 Å². The topological polar surface area (TPSA) is 55.2 Å². The van der Waals surface area contributed by atoms with Crippen molar-refractivity contribution < 1.29 is 4.92 Å². The van der Waals surface area contributed by atoms with Crippen molar-refractivity contribution in [2.24, 2.45) is 11.8 Å². The number of nitro groups is 1. The number of benzene rings is 1. The molecule has 110 valence electrons. The molecule has 0 spiro atoms. The van der Waals surface area contributed by atoms with Gasteiger partial charge < -0.3 is 5.32 Å². The Labute approximate surface area is 120 Å². The van der Waals surface area contributed by atoms with Crippen LogP contribution in [0.1, 0.15) is 51.6 Å². The highest BCUT2D eigenvalue weighted by Gasteiger charge is 2.25. The molecule has 0 heterocycles. The fraction of sp³-hybridized carbons (Fsp3) is 0.625. The summed E-state index contributed by atoms with van der Waals surface area (Å²) in [5.74, 6) is 1.52. The Morgan fingerprint density at radius 3 is 2.50 bits per heavy atom. The molecule has 4 nitrogen and oxygen atoms in total. The van der Waals surface area contributed by atoms with Gasteiger partial charge in [-0.05, 0) is 43.6 Å². The van der Waals surface area contributed by atoms with E-state index in [1.165, 1.54) is 19.3 Å². The van der Waals surface area contributed by atoms with Crippen LogP contribution in [0.4, 0.5) is 5.69 Å². The molecule has 0 saturated heterocycles. The van der Waals surface area contributed by atoms with Crippen LogP contribution in [0.25, 0.3) is 0 Å². The zero-order valence-electron chi connectivity index (χ0n) is 12.5. The van der Waals surface area contributed by atoms with E-state index in [1.54, 1.807) is 18.2 Å². The molecule has 4 heteroatoms. The highest BCUT2D eigenvalue weighted by atomic mass is 16.6. The maximum absolute atomic E-state index is 10.8.